The van der Waals surface area contributed by atoms with Gasteiger partial charge >= 0.3 is 0 Å². The monoisotopic (exact) mass is 383 g/mol. The lowest BCUT2D eigenvalue weighted by atomic mass is 10.1. The molecule has 0 saturated heterocycles. The van der Waals surface area contributed by atoms with E-state index in [-0.39, 0.29) is 11.5 Å². The maximum Gasteiger partial charge on any atom is 0.261 e. The first-order valence-corrected chi connectivity index (χ1v) is 9.04. The average Bonchev–Trinajstić information content (AvgIpc) is 3.13. The molecule has 1 aliphatic heterocycles. The Balaban J connectivity index is 1.71. The summed E-state index contributed by atoms with van der Waals surface area (Å²) in [4.78, 5) is 29.8. The number of anilines is 1. The topological polar surface area (TPSA) is 73.2 Å². The molecule has 1 aliphatic rings. The van der Waals surface area contributed by atoms with Gasteiger partial charge in [0.2, 0.25) is 0 Å². The molecule has 1 amide bonds. The van der Waals surface area contributed by atoms with Gasteiger partial charge in [0, 0.05) is 29.6 Å². The second-order valence-corrected chi connectivity index (χ2v) is 6.98. The van der Waals surface area contributed by atoms with E-state index in [1.807, 2.05) is 6.92 Å². The van der Waals surface area contributed by atoms with Crippen molar-refractivity contribution in [2.45, 2.75) is 26.3 Å². The average molecular weight is 384 g/mol. The molecule has 0 atom stereocenters. The molecule has 2 aromatic carbocycles. The number of aromatic nitrogens is 2. The van der Waals surface area contributed by atoms with E-state index in [9.17, 15) is 9.59 Å². The Morgan fingerprint density at radius 2 is 2.11 bits per heavy atom. The van der Waals surface area contributed by atoms with Gasteiger partial charge in [-0.2, -0.15) is 0 Å². The van der Waals surface area contributed by atoms with Gasteiger partial charge in [-0.3, -0.25) is 14.2 Å². The fourth-order valence-corrected chi connectivity index (χ4v) is 3.50. The number of halogens is 1. The zero-order valence-corrected chi connectivity index (χ0v) is 15.8. The number of hydrogen-bond donors (Lipinski definition) is 1. The number of fused-ring (bicyclic) bond motifs is 2. The molecule has 0 saturated carbocycles. The number of nitrogens with zero attached hydrogens (tertiary/aromatic N) is 2. The van der Waals surface area contributed by atoms with E-state index in [4.69, 9.17) is 16.3 Å². The van der Waals surface area contributed by atoms with Crippen LogP contribution in [0.3, 0.4) is 0 Å². The molecule has 6 nitrogen and oxygen atoms in total. The molecule has 0 bridgehead atoms. The number of methoxy groups -OCH3 is 1. The van der Waals surface area contributed by atoms with Crippen molar-refractivity contribution >= 4 is 34.1 Å². The van der Waals surface area contributed by atoms with Crippen LogP contribution in [0.4, 0.5) is 5.69 Å². The maximum absolute atomic E-state index is 12.7. The van der Waals surface area contributed by atoms with Gasteiger partial charge in [-0.1, -0.05) is 11.6 Å². The predicted octanol–water partition coefficient (Wildman–Crippen LogP) is 3.57. The fourth-order valence-electron chi connectivity index (χ4n) is 3.35. The molecular formula is C20H18ClN3O3. The van der Waals surface area contributed by atoms with Gasteiger partial charge in [-0.15, -0.1) is 0 Å². The molecule has 3 aromatic rings. The Morgan fingerprint density at radius 1 is 1.30 bits per heavy atom. The lowest BCUT2D eigenvalue weighted by Crippen LogP contribution is -2.21. The van der Waals surface area contributed by atoms with Gasteiger partial charge in [0.05, 0.1) is 23.7 Å². The van der Waals surface area contributed by atoms with E-state index >= 15 is 0 Å². The van der Waals surface area contributed by atoms with Crippen molar-refractivity contribution in [2.24, 2.45) is 0 Å². The first-order valence-electron chi connectivity index (χ1n) is 8.67. The third kappa shape index (κ3) is 3.06. The van der Waals surface area contributed by atoms with Crippen LogP contribution >= 0.6 is 11.6 Å². The lowest BCUT2D eigenvalue weighted by molar-refractivity contribution is 0.102. The van der Waals surface area contributed by atoms with E-state index < -0.39 is 0 Å². The number of aryl methyl sites for hydroxylation is 2. The minimum absolute atomic E-state index is 0.0468. The molecule has 1 N–H and O–H groups in total. The number of carbonyl (C=O) groups excluding carboxylic acids is 1. The minimum atomic E-state index is -0.306. The summed E-state index contributed by atoms with van der Waals surface area (Å²) in [5.74, 6) is 0.952. The first-order chi connectivity index (χ1) is 13.0. The van der Waals surface area contributed by atoms with Gasteiger partial charge in [-0.05, 0) is 43.2 Å². The standard InChI is InChI=1S/C20H18ClN3O3/c1-11-8-16(17(27-2)10-14(11)21)23-19(25)12-5-6-13-15(9-12)22-18-4-3-7-24(18)20(13)26/h5-6,8-10H,3-4,7H2,1-2H3,(H,23,25). The molecule has 2 heterocycles. The summed E-state index contributed by atoms with van der Waals surface area (Å²) < 4.78 is 7.01. The number of benzene rings is 2. The van der Waals surface area contributed by atoms with Crippen molar-refractivity contribution in [2.75, 3.05) is 12.4 Å². The van der Waals surface area contributed by atoms with Crippen molar-refractivity contribution < 1.29 is 9.53 Å². The van der Waals surface area contributed by atoms with Gasteiger partial charge in [0.25, 0.3) is 11.5 Å². The molecule has 7 heteroatoms. The van der Waals surface area contributed by atoms with Crippen LogP contribution in [0.25, 0.3) is 10.9 Å². The van der Waals surface area contributed by atoms with Crippen LogP contribution in [0.2, 0.25) is 5.02 Å². The third-order valence-corrected chi connectivity index (χ3v) is 5.21. The van der Waals surface area contributed by atoms with Crippen LogP contribution in [0.5, 0.6) is 5.75 Å². The van der Waals surface area contributed by atoms with Crippen LogP contribution in [0.15, 0.2) is 35.1 Å². The van der Waals surface area contributed by atoms with Crippen LogP contribution in [-0.4, -0.2) is 22.6 Å². The number of rotatable bonds is 3. The molecule has 0 fully saturated rings. The molecular weight excluding hydrogens is 366 g/mol. The highest BCUT2D eigenvalue weighted by atomic mass is 35.5. The summed E-state index contributed by atoms with van der Waals surface area (Å²) >= 11 is 6.11. The van der Waals surface area contributed by atoms with Crippen molar-refractivity contribution in [3.8, 4) is 5.75 Å². The Kier molecular flexibility index (Phi) is 4.36. The highest BCUT2D eigenvalue weighted by Gasteiger charge is 2.18. The molecule has 0 aliphatic carbocycles. The van der Waals surface area contributed by atoms with Crippen LogP contribution in [0.1, 0.15) is 28.2 Å². The van der Waals surface area contributed by atoms with Gasteiger partial charge in [0.15, 0.2) is 0 Å². The second-order valence-electron chi connectivity index (χ2n) is 6.58. The van der Waals surface area contributed by atoms with Crippen LogP contribution < -0.4 is 15.6 Å². The number of ether oxygens (including phenoxy) is 1. The van der Waals surface area contributed by atoms with Gasteiger partial charge < -0.3 is 10.1 Å². The summed E-state index contributed by atoms with van der Waals surface area (Å²) in [5, 5.41) is 3.93. The van der Waals surface area contributed by atoms with Gasteiger partial charge in [-0.25, -0.2) is 4.98 Å². The number of nitrogens with one attached hydrogen (secondary N) is 1. The molecule has 138 valence electrons. The molecule has 0 spiro atoms. The quantitative estimate of drug-likeness (QED) is 0.750. The second kappa shape index (κ2) is 6.70. The van der Waals surface area contributed by atoms with Crippen molar-refractivity contribution in [1.82, 2.24) is 9.55 Å². The number of hydrogen-bond acceptors (Lipinski definition) is 4. The Bertz CT molecular complexity index is 1140. The molecule has 27 heavy (non-hydrogen) atoms. The van der Waals surface area contributed by atoms with Crippen molar-refractivity contribution in [3.63, 3.8) is 0 Å². The lowest BCUT2D eigenvalue weighted by Gasteiger charge is -2.12. The Morgan fingerprint density at radius 3 is 2.89 bits per heavy atom. The minimum Gasteiger partial charge on any atom is -0.495 e. The smallest absolute Gasteiger partial charge is 0.261 e. The SMILES string of the molecule is COc1cc(Cl)c(C)cc1NC(=O)c1ccc2c(=O)n3c(nc2c1)CCC3. The molecule has 0 unspecified atom stereocenters. The van der Waals surface area contributed by atoms with Gasteiger partial charge in [0.1, 0.15) is 11.6 Å². The van der Waals surface area contributed by atoms with E-state index in [0.29, 0.717) is 39.5 Å². The van der Waals surface area contributed by atoms with E-state index in [1.165, 1.54) is 7.11 Å². The number of amides is 1. The Labute approximate surface area is 160 Å². The summed E-state index contributed by atoms with van der Waals surface area (Å²) in [6, 6.07) is 8.38. The van der Waals surface area contributed by atoms with Crippen molar-refractivity contribution in [1.29, 1.82) is 0 Å². The summed E-state index contributed by atoms with van der Waals surface area (Å²) in [6.07, 6.45) is 1.70. The maximum atomic E-state index is 12.7. The van der Waals surface area contributed by atoms with Crippen LogP contribution in [-0.2, 0) is 13.0 Å². The Hall–Kier alpha value is -2.86. The molecule has 1 aromatic heterocycles. The third-order valence-electron chi connectivity index (χ3n) is 4.81. The predicted molar refractivity (Wildman–Crippen MR) is 105 cm³/mol. The highest BCUT2D eigenvalue weighted by Crippen LogP contribution is 2.31. The van der Waals surface area contributed by atoms with E-state index in [1.54, 1.807) is 34.9 Å². The normalized spacial score (nSPS) is 12.9. The molecule has 4 rings (SSSR count). The summed E-state index contributed by atoms with van der Waals surface area (Å²) in [7, 11) is 1.52. The van der Waals surface area contributed by atoms with Crippen molar-refractivity contribution in [3.05, 3.63) is 62.7 Å². The fraction of sp³-hybridized carbons (Fsp3) is 0.250. The zero-order chi connectivity index (χ0) is 19.1. The largest absolute Gasteiger partial charge is 0.495 e. The number of carbonyl (C=O) groups is 1. The first kappa shape index (κ1) is 17.5. The van der Waals surface area contributed by atoms with Crippen LogP contribution in [0, 0.1) is 6.92 Å². The van der Waals surface area contributed by atoms with E-state index in [0.717, 1.165) is 24.2 Å². The summed E-state index contributed by atoms with van der Waals surface area (Å²) in [5.41, 5.74) is 2.28. The zero-order valence-electron chi connectivity index (χ0n) is 15.0. The highest BCUT2D eigenvalue weighted by molar-refractivity contribution is 6.31. The van der Waals surface area contributed by atoms with E-state index in [2.05, 4.69) is 10.3 Å². The molecule has 0 radical (unpaired) electrons. The summed E-state index contributed by atoms with van der Waals surface area (Å²) in [6.45, 7) is 2.56.